The molecule has 0 aromatic rings. The molecule has 0 aliphatic heterocycles. The van der Waals surface area contributed by atoms with E-state index in [1.165, 1.54) is 51.4 Å². The Balaban J connectivity index is 2.53. The van der Waals surface area contributed by atoms with Crippen LogP contribution in [0.2, 0.25) is 0 Å². The third-order valence-corrected chi connectivity index (χ3v) is 10.7. The minimum absolute atomic E-state index is 0.0773. The lowest BCUT2D eigenvalue weighted by atomic mass is 9.85. The number of rotatable bonds is 34. The molecular formula is C42H75O13P. The fraction of sp³-hybridized carbons (Fsp3) is 0.810. The molecule has 0 radical (unpaired) electrons. The maximum atomic E-state index is 12.8. The molecule has 8 atom stereocenters. The third kappa shape index (κ3) is 25.4. The van der Waals surface area contributed by atoms with E-state index in [1.54, 1.807) is 0 Å². The monoisotopic (exact) mass is 818 g/mol. The van der Waals surface area contributed by atoms with Crippen LogP contribution in [-0.4, -0.2) is 98.3 Å². The van der Waals surface area contributed by atoms with E-state index in [0.29, 0.717) is 12.8 Å². The van der Waals surface area contributed by atoms with Gasteiger partial charge in [0.05, 0.1) is 6.61 Å². The smallest absolute Gasteiger partial charge is 0.462 e. The molecule has 1 aliphatic carbocycles. The van der Waals surface area contributed by atoms with E-state index in [9.17, 15) is 44.6 Å². The molecule has 0 heterocycles. The first kappa shape index (κ1) is 52.1. The second kappa shape index (κ2) is 33.0. The van der Waals surface area contributed by atoms with E-state index in [2.05, 4.69) is 50.3 Å². The quantitative estimate of drug-likeness (QED) is 0.0162. The highest BCUT2D eigenvalue weighted by atomic mass is 31.2. The van der Waals surface area contributed by atoms with Crippen molar-refractivity contribution in [1.29, 1.82) is 0 Å². The van der Waals surface area contributed by atoms with Crippen LogP contribution in [0, 0.1) is 0 Å². The number of aliphatic hydroxyl groups excluding tert-OH is 5. The van der Waals surface area contributed by atoms with Crippen LogP contribution in [0.5, 0.6) is 0 Å². The second-order valence-electron chi connectivity index (χ2n) is 14.8. The van der Waals surface area contributed by atoms with Crippen molar-refractivity contribution in [2.45, 2.75) is 204 Å². The Bertz CT molecular complexity index is 1130. The van der Waals surface area contributed by atoms with Gasteiger partial charge in [-0.2, -0.15) is 0 Å². The molecule has 0 spiro atoms. The average Bonchev–Trinajstić information content (AvgIpc) is 3.18. The summed E-state index contributed by atoms with van der Waals surface area (Å²) in [7, 11) is -5.12. The third-order valence-electron chi connectivity index (χ3n) is 9.70. The maximum Gasteiger partial charge on any atom is 0.472 e. The Hall–Kier alpha value is -1.93. The highest BCUT2D eigenvalue weighted by Gasteiger charge is 2.51. The Kier molecular flexibility index (Phi) is 30.7. The Morgan fingerprint density at radius 2 is 0.982 bits per heavy atom. The van der Waals surface area contributed by atoms with Crippen molar-refractivity contribution in [3.63, 3.8) is 0 Å². The van der Waals surface area contributed by atoms with Crippen LogP contribution in [-0.2, 0) is 32.7 Å². The molecule has 1 aliphatic rings. The van der Waals surface area contributed by atoms with Gasteiger partial charge in [0.25, 0.3) is 0 Å². The van der Waals surface area contributed by atoms with Crippen LogP contribution in [0.4, 0.5) is 0 Å². The Morgan fingerprint density at radius 3 is 1.54 bits per heavy atom. The molecule has 0 bridgehead atoms. The molecule has 13 nitrogen and oxygen atoms in total. The molecule has 6 N–H and O–H groups in total. The summed E-state index contributed by atoms with van der Waals surface area (Å²) in [4.78, 5) is 35.5. The average molecular weight is 819 g/mol. The minimum atomic E-state index is -5.12. The second-order valence-corrected chi connectivity index (χ2v) is 16.2. The summed E-state index contributed by atoms with van der Waals surface area (Å²) < 4.78 is 33.4. The SMILES string of the molecule is CCCC/C=C/C/C=C/CCCCCCCC(=O)O[C@H](COC(=O)CCCCC/C=C/CCCCCCCC)COP(=O)(O)OC1C(O)C(O)C(O)[C@@H](O)C1O. The van der Waals surface area contributed by atoms with Gasteiger partial charge in [0, 0.05) is 12.8 Å². The van der Waals surface area contributed by atoms with Gasteiger partial charge >= 0.3 is 19.8 Å². The van der Waals surface area contributed by atoms with Gasteiger partial charge in [-0.25, -0.2) is 4.57 Å². The van der Waals surface area contributed by atoms with Crippen molar-refractivity contribution in [2.75, 3.05) is 13.2 Å². The summed E-state index contributed by atoms with van der Waals surface area (Å²) in [6, 6.07) is 0. The number of ether oxygens (including phenoxy) is 2. The number of phosphoric ester groups is 1. The van der Waals surface area contributed by atoms with Crippen LogP contribution in [0.1, 0.15) is 162 Å². The summed E-state index contributed by atoms with van der Waals surface area (Å²) >= 11 is 0. The predicted octanol–water partition coefficient (Wildman–Crippen LogP) is 7.44. The topological polar surface area (TPSA) is 210 Å². The summed E-state index contributed by atoms with van der Waals surface area (Å²) in [5.41, 5.74) is 0. The van der Waals surface area contributed by atoms with Crippen molar-refractivity contribution >= 4 is 19.8 Å². The molecule has 0 aromatic heterocycles. The Morgan fingerprint density at radius 1 is 0.554 bits per heavy atom. The lowest BCUT2D eigenvalue weighted by Gasteiger charge is -2.41. The number of carbonyl (C=O) groups is 2. The molecule has 14 heteroatoms. The first-order chi connectivity index (χ1) is 26.9. The van der Waals surface area contributed by atoms with Gasteiger partial charge in [0.2, 0.25) is 0 Å². The molecular weight excluding hydrogens is 743 g/mol. The number of hydrogen-bond acceptors (Lipinski definition) is 12. The van der Waals surface area contributed by atoms with Gasteiger partial charge in [-0.05, 0) is 64.2 Å². The number of phosphoric acid groups is 1. The molecule has 6 unspecified atom stereocenters. The summed E-state index contributed by atoms with van der Waals surface area (Å²) in [5, 5.41) is 50.0. The zero-order valence-corrected chi connectivity index (χ0v) is 35.1. The number of hydrogen-bond donors (Lipinski definition) is 6. The number of aliphatic hydroxyl groups is 5. The lowest BCUT2D eigenvalue weighted by molar-refractivity contribution is -0.220. The van der Waals surface area contributed by atoms with Gasteiger partial charge in [-0.1, -0.05) is 121 Å². The summed E-state index contributed by atoms with van der Waals surface area (Å²) in [5.74, 6) is -1.14. The number of unbranched alkanes of at least 4 members (excludes halogenated alkanes) is 16. The van der Waals surface area contributed by atoms with Gasteiger partial charge < -0.3 is 39.9 Å². The standard InChI is InChI=1S/C42H75O13P/c1-3-5-7-9-11-13-15-17-19-21-23-25-27-29-31-36(44)54-34(33-53-56(50,51)55-42-40(48)38(46)37(45)39(47)41(42)49)32-52-35(43)30-28-26-24-22-20-18-16-14-12-10-8-6-4-2/h9,11,15,17-18,20,34,37-42,45-49H,3-8,10,12-14,16,19,21-33H2,1-2H3,(H,50,51)/b11-9+,17-15+,20-18+/t34-,37?,38-,39?,40?,41?,42?/m1/s1. The molecule has 0 aromatic carbocycles. The van der Waals surface area contributed by atoms with E-state index in [1.807, 2.05) is 0 Å². The summed E-state index contributed by atoms with van der Waals surface area (Å²) in [6.45, 7) is 3.20. The van der Waals surface area contributed by atoms with Gasteiger partial charge in [-0.15, -0.1) is 0 Å². The largest absolute Gasteiger partial charge is 0.472 e. The van der Waals surface area contributed by atoms with Gasteiger partial charge in [0.15, 0.2) is 6.10 Å². The van der Waals surface area contributed by atoms with Gasteiger partial charge in [-0.3, -0.25) is 18.6 Å². The molecule has 1 saturated carbocycles. The molecule has 56 heavy (non-hydrogen) atoms. The van der Waals surface area contributed by atoms with Crippen LogP contribution in [0.15, 0.2) is 36.5 Å². The fourth-order valence-electron chi connectivity index (χ4n) is 6.18. The van der Waals surface area contributed by atoms with Crippen molar-refractivity contribution in [3.05, 3.63) is 36.5 Å². The summed E-state index contributed by atoms with van der Waals surface area (Å²) in [6.07, 6.45) is 22.1. The number of carbonyl (C=O) groups excluding carboxylic acids is 2. The number of allylic oxidation sites excluding steroid dienone is 6. The molecule has 326 valence electrons. The van der Waals surface area contributed by atoms with Crippen molar-refractivity contribution < 1.29 is 63.1 Å². The van der Waals surface area contributed by atoms with Crippen LogP contribution < -0.4 is 0 Å². The van der Waals surface area contributed by atoms with E-state index in [0.717, 1.165) is 70.6 Å². The number of esters is 2. The van der Waals surface area contributed by atoms with Crippen molar-refractivity contribution in [1.82, 2.24) is 0 Å². The van der Waals surface area contributed by atoms with E-state index < -0.39 is 75.7 Å². The van der Waals surface area contributed by atoms with Crippen LogP contribution in [0.25, 0.3) is 0 Å². The van der Waals surface area contributed by atoms with Gasteiger partial charge in [0.1, 0.15) is 43.2 Å². The predicted molar refractivity (Wildman–Crippen MR) is 216 cm³/mol. The molecule has 1 rings (SSSR count). The first-order valence-electron chi connectivity index (χ1n) is 21.3. The zero-order chi connectivity index (χ0) is 41.4. The maximum absolute atomic E-state index is 12.8. The van der Waals surface area contributed by atoms with E-state index >= 15 is 0 Å². The zero-order valence-electron chi connectivity index (χ0n) is 34.2. The lowest BCUT2D eigenvalue weighted by Crippen LogP contribution is -2.64. The fourth-order valence-corrected chi connectivity index (χ4v) is 7.15. The molecule has 0 amide bonds. The highest BCUT2D eigenvalue weighted by Crippen LogP contribution is 2.47. The molecule has 1 fully saturated rings. The van der Waals surface area contributed by atoms with E-state index in [4.69, 9.17) is 18.5 Å². The Labute approximate surface area is 336 Å². The van der Waals surface area contributed by atoms with Crippen molar-refractivity contribution in [2.24, 2.45) is 0 Å². The molecule has 0 saturated heterocycles. The minimum Gasteiger partial charge on any atom is -0.462 e. The van der Waals surface area contributed by atoms with Crippen LogP contribution in [0.3, 0.4) is 0 Å². The first-order valence-corrected chi connectivity index (χ1v) is 22.8. The van der Waals surface area contributed by atoms with Crippen LogP contribution >= 0.6 is 7.82 Å². The normalized spacial score (nSPS) is 23.2. The van der Waals surface area contributed by atoms with Crippen molar-refractivity contribution in [3.8, 4) is 0 Å². The highest BCUT2D eigenvalue weighted by molar-refractivity contribution is 7.47. The van der Waals surface area contributed by atoms with E-state index in [-0.39, 0.29) is 12.8 Å².